The highest BCUT2D eigenvalue weighted by Crippen LogP contribution is 2.39. The quantitative estimate of drug-likeness (QED) is 0.797. The van der Waals surface area contributed by atoms with Gasteiger partial charge in [0.2, 0.25) is 0 Å². The predicted octanol–water partition coefficient (Wildman–Crippen LogP) is 3.50. The van der Waals surface area contributed by atoms with Gasteiger partial charge in [-0.05, 0) is 44.0 Å². The Morgan fingerprint density at radius 2 is 1.82 bits per heavy atom. The summed E-state index contributed by atoms with van der Waals surface area (Å²) in [4.78, 5) is 0. The first-order valence-electron chi connectivity index (χ1n) is 5.05. The molecule has 1 aliphatic carbocycles. The fourth-order valence-corrected chi connectivity index (χ4v) is 4.22. The van der Waals surface area contributed by atoms with Gasteiger partial charge < -0.3 is 14.6 Å². The zero-order valence-corrected chi connectivity index (χ0v) is 13.7. The number of aliphatic hydroxyl groups is 1. The minimum absolute atomic E-state index is 0.108. The van der Waals surface area contributed by atoms with Crippen LogP contribution in [0.25, 0.3) is 0 Å². The van der Waals surface area contributed by atoms with Crippen molar-refractivity contribution in [3.05, 3.63) is 25.6 Å². The molecular formula is C11H11Br3O3. The highest BCUT2D eigenvalue weighted by Gasteiger charge is 2.42. The summed E-state index contributed by atoms with van der Waals surface area (Å²) in [6.07, 6.45) is -0.202. The van der Waals surface area contributed by atoms with Gasteiger partial charge in [-0.25, -0.2) is 0 Å². The number of aliphatic hydroxyl groups excluding tert-OH is 1. The number of benzene rings is 1. The minimum atomic E-state index is -0.432. The molecule has 0 aromatic heterocycles. The standard InChI is InChI=1S/C11H11Br3O3/c1-16-11-8(15)4-9(11)17-10-6(13)2-5(12)3-7(10)14/h2-3,8-9,11,15H,4H2,1H3. The third kappa shape index (κ3) is 2.87. The van der Waals surface area contributed by atoms with Gasteiger partial charge in [-0.3, -0.25) is 0 Å². The van der Waals surface area contributed by atoms with Crippen molar-refractivity contribution in [1.82, 2.24) is 0 Å². The number of hydrogen-bond donors (Lipinski definition) is 1. The zero-order valence-electron chi connectivity index (χ0n) is 8.99. The Bertz CT molecular complexity index is 401. The molecule has 0 heterocycles. The van der Waals surface area contributed by atoms with Crippen molar-refractivity contribution in [2.45, 2.75) is 24.7 Å². The molecule has 1 aromatic carbocycles. The van der Waals surface area contributed by atoms with Crippen molar-refractivity contribution in [3.63, 3.8) is 0 Å². The molecule has 0 aliphatic heterocycles. The Kier molecular flexibility index (Phi) is 4.52. The highest BCUT2D eigenvalue weighted by molar-refractivity contribution is 9.11. The predicted molar refractivity (Wildman–Crippen MR) is 75.4 cm³/mol. The SMILES string of the molecule is COC1C(O)CC1Oc1c(Br)cc(Br)cc1Br. The van der Waals surface area contributed by atoms with E-state index >= 15 is 0 Å². The summed E-state index contributed by atoms with van der Waals surface area (Å²) in [5, 5.41) is 9.50. The van der Waals surface area contributed by atoms with Crippen LogP contribution in [0.2, 0.25) is 0 Å². The summed E-state index contributed by atoms with van der Waals surface area (Å²) >= 11 is 10.3. The number of rotatable bonds is 3. The van der Waals surface area contributed by atoms with Crippen LogP contribution >= 0.6 is 47.8 Å². The summed E-state index contributed by atoms with van der Waals surface area (Å²) in [5.74, 6) is 0.729. The molecular weight excluding hydrogens is 420 g/mol. The Morgan fingerprint density at radius 3 is 2.29 bits per heavy atom. The number of halogens is 3. The molecule has 0 saturated heterocycles. The first-order chi connectivity index (χ1) is 8.02. The molecule has 0 amide bonds. The molecule has 1 N–H and O–H groups in total. The number of methoxy groups -OCH3 is 1. The van der Waals surface area contributed by atoms with Crippen LogP contribution in [-0.2, 0) is 4.74 Å². The summed E-state index contributed by atoms with van der Waals surface area (Å²) in [6, 6.07) is 3.83. The highest BCUT2D eigenvalue weighted by atomic mass is 79.9. The number of hydrogen-bond acceptors (Lipinski definition) is 3. The lowest BCUT2D eigenvalue weighted by atomic mass is 9.88. The Labute approximate surface area is 125 Å². The van der Waals surface area contributed by atoms with Crippen molar-refractivity contribution in [2.75, 3.05) is 7.11 Å². The van der Waals surface area contributed by atoms with Gasteiger partial charge in [0.15, 0.2) is 0 Å². The molecule has 1 saturated carbocycles. The van der Waals surface area contributed by atoms with Crippen molar-refractivity contribution >= 4 is 47.8 Å². The molecule has 94 valence electrons. The van der Waals surface area contributed by atoms with Crippen LogP contribution < -0.4 is 4.74 Å². The van der Waals surface area contributed by atoms with Gasteiger partial charge in [0, 0.05) is 18.0 Å². The van der Waals surface area contributed by atoms with E-state index in [9.17, 15) is 5.11 Å². The molecule has 3 nitrogen and oxygen atoms in total. The number of ether oxygens (including phenoxy) is 2. The van der Waals surface area contributed by atoms with Gasteiger partial charge >= 0.3 is 0 Å². The van der Waals surface area contributed by atoms with E-state index in [4.69, 9.17) is 9.47 Å². The lowest BCUT2D eigenvalue weighted by Crippen LogP contribution is -2.54. The molecule has 6 heteroatoms. The van der Waals surface area contributed by atoms with Crippen LogP contribution in [0.3, 0.4) is 0 Å². The van der Waals surface area contributed by atoms with Crippen LogP contribution in [-0.4, -0.2) is 30.5 Å². The average Bonchev–Trinajstić information content (AvgIpc) is 2.21. The average molecular weight is 431 g/mol. The normalized spacial score (nSPS) is 27.7. The van der Waals surface area contributed by atoms with Gasteiger partial charge in [0.25, 0.3) is 0 Å². The summed E-state index contributed by atoms with van der Waals surface area (Å²) in [6.45, 7) is 0. The lowest BCUT2D eigenvalue weighted by molar-refractivity contribution is -0.149. The van der Waals surface area contributed by atoms with Crippen LogP contribution in [0.15, 0.2) is 25.6 Å². The second-order valence-corrected chi connectivity index (χ2v) is 6.48. The molecule has 1 aromatic rings. The maximum atomic E-state index is 9.50. The van der Waals surface area contributed by atoms with E-state index < -0.39 is 6.10 Å². The van der Waals surface area contributed by atoms with E-state index in [1.807, 2.05) is 12.1 Å². The maximum absolute atomic E-state index is 9.50. The Morgan fingerprint density at radius 1 is 1.24 bits per heavy atom. The van der Waals surface area contributed by atoms with Gasteiger partial charge in [0.1, 0.15) is 18.0 Å². The van der Waals surface area contributed by atoms with Crippen molar-refractivity contribution in [2.24, 2.45) is 0 Å². The Balaban J connectivity index is 2.14. The Hall–Kier alpha value is 0.380. The third-order valence-corrected chi connectivity index (χ3v) is 4.36. The molecule has 1 fully saturated rings. The molecule has 2 rings (SSSR count). The molecule has 1 aliphatic rings. The molecule has 0 spiro atoms. The van der Waals surface area contributed by atoms with Crippen LogP contribution in [0.5, 0.6) is 5.75 Å². The van der Waals surface area contributed by atoms with Crippen LogP contribution in [0.1, 0.15) is 6.42 Å². The topological polar surface area (TPSA) is 38.7 Å². The smallest absolute Gasteiger partial charge is 0.148 e. The van der Waals surface area contributed by atoms with Crippen LogP contribution in [0.4, 0.5) is 0 Å². The lowest BCUT2D eigenvalue weighted by Gasteiger charge is -2.40. The van der Waals surface area contributed by atoms with E-state index in [-0.39, 0.29) is 12.2 Å². The van der Waals surface area contributed by atoms with E-state index in [2.05, 4.69) is 47.8 Å². The first kappa shape index (κ1) is 13.8. The second kappa shape index (κ2) is 5.57. The van der Waals surface area contributed by atoms with Crippen molar-refractivity contribution in [1.29, 1.82) is 0 Å². The van der Waals surface area contributed by atoms with Gasteiger partial charge in [0.05, 0.1) is 15.0 Å². The van der Waals surface area contributed by atoms with Gasteiger partial charge in [-0.2, -0.15) is 0 Å². The largest absolute Gasteiger partial charge is 0.485 e. The van der Waals surface area contributed by atoms with E-state index in [0.29, 0.717) is 6.42 Å². The van der Waals surface area contributed by atoms with Gasteiger partial charge in [-0.15, -0.1) is 0 Å². The third-order valence-electron chi connectivity index (χ3n) is 2.72. The summed E-state index contributed by atoms with van der Waals surface area (Å²) in [5.41, 5.74) is 0. The van der Waals surface area contributed by atoms with Gasteiger partial charge in [-0.1, -0.05) is 15.9 Å². The summed E-state index contributed by atoms with van der Waals surface area (Å²) < 4.78 is 13.7. The van der Waals surface area contributed by atoms with E-state index in [1.54, 1.807) is 7.11 Å². The van der Waals surface area contributed by atoms with E-state index in [1.165, 1.54) is 0 Å². The maximum Gasteiger partial charge on any atom is 0.148 e. The molecule has 3 unspecified atom stereocenters. The molecule has 0 radical (unpaired) electrons. The second-order valence-electron chi connectivity index (χ2n) is 3.86. The fraction of sp³-hybridized carbons (Fsp3) is 0.455. The van der Waals surface area contributed by atoms with E-state index in [0.717, 1.165) is 19.2 Å². The molecule has 0 bridgehead atoms. The molecule has 17 heavy (non-hydrogen) atoms. The minimum Gasteiger partial charge on any atom is -0.485 e. The van der Waals surface area contributed by atoms with Crippen molar-refractivity contribution in [3.8, 4) is 5.75 Å². The monoisotopic (exact) mass is 428 g/mol. The summed E-state index contributed by atoms with van der Waals surface area (Å²) in [7, 11) is 1.58. The molecule has 3 atom stereocenters. The zero-order chi connectivity index (χ0) is 12.6. The van der Waals surface area contributed by atoms with Crippen LogP contribution in [0, 0.1) is 0 Å². The van der Waals surface area contributed by atoms with Crippen molar-refractivity contribution < 1.29 is 14.6 Å². The first-order valence-corrected chi connectivity index (χ1v) is 7.43. The fourth-order valence-electron chi connectivity index (χ4n) is 1.78.